The molecule has 2 rings (SSSR count). The van der Waals surface area contributed by atoms with E-state index < -0.39 is 0 Å². The van der Waals surface area contributed by atoms with Crippen molar-refractivity contribution in [3.8, 4) is 0 Å². The molecule has 2 heterocycles. The average Bonchev–Trinajstić information content (AvgIpc) is 2.94. The van der Waals surface area contributed by atoms with Gasteiger partial charge in [-0.25, -0.2) is 0 Å². The van der Waals surface area contributed by atoms with Crippen molar-refractivity contribution in [2.45, 2.75) is 32.2 Å². The maximum atomic E-state index is 5.90. The lowest BCUT2D eigenvalue weighted by molar-refractivity contribution is 0.273. The van der Waals surface area contributed by atoms with Crippen LogP contribution in [0.3, 0.4) is 0 Å². The number of aromatic nitrogens is 1. The number of nitrogens with two attached hydrogens (primary N) is 1. The van der Waals surface area contributed by atoms with Gasteiger partial charge in [-0.2, -0.15) is 0 Å². The van der Waals surface area contributed by atoms with Crippen LogP contribution in [0.25, 0.3) is 0 Å². The highest BCUT2D eigenvalue weighted by atomic mass is 127. The number of halogens is 1. The van der Waals surface area contributed by atoms with Crippen LogP contribution in [0.1, 0.15) is 25.5 Å². The van der Waals surface area contributed by atoms with Crippen LogP contribution < -0.4 is 11.1 Å². The SMILES string of the molecule is CCN1CCCC1CN=C(N)NCCc1ccccn1.I. The number of nitrogens with one attached hydrogen (secondary N) is 1. The minimum Gasteiger partial charge on any atom is -0.370 e. The van der Waals surface area contributed by atoms with E-state index in [1.165, 1.54) is 19.4 Å². The first-order chi connectivity index (χ1) is 9.79. The molecule has 21 heavy (non-hydrogen) atoms. The van der Waals surface area contributed by atoms with E-state index in [-0.39, 0.29) is 24.0 Å². The molecule has 1 aliphatic heterocycles. The highest BCUT2D eigenvalue weighted by molar-refractivity contribution is 14.0. The average molecular weight is 403 g/mol. The molecular weight excluding hydrogens is 377 g/mol. The maximum absolute atomic E-state index is 5.90. The van der Waals surface area contributed by atoms with Gasteiger partial charge in [-0.05, 0) is 38.1 Å². The van der Waals surface area contributed by atoms with Crippen LogP contribution in [-0.2, 0) is 6.42 Å². The number of nitrogens with zero attached hydrogens (tertiary/aromatic N) is 3. The van der Waals surface area contributed by atoms with Gasteiger partial charge in [0.25, 0.3) is 0 Å². The third-order valence-corrected chi connectivity index (χ3v) is 3.79. The van der Waals surface area contributed by atoms with Crippen molar-refractivity contribution < 1.29 is 0 Å². The standard InChI is InChI=1S/C15H25N5.HI/c1-2-20-11-5-7-14(20)12-19-15(16)18-10-8-13-6-3-4-9-17-13;/h3-4,6,9,14H,2,5,7-8,10-12H2,1H3,(H3,16,18,19);1H. The molecule has 1 aliphatic rings. The zero-order chi connectivity index (χ0) is 14.2. The summed E-state index contributed by atoms with van der Waals surface area (Å²) in [4.78, 5) is 11.2. The molecule has 5 nitrogen and oxygen atoms in total. The normalized spacial score (nSPS) is 19.3. The summed E-state index contributed by atoms with van der Waals surface area (Å²) in [5, 5.41) is 3.16. The molecule has 0 saturated carbocycles. The topological polar surface area (TPSA) is 66.5 Å². The lowest BCUT2D eigenvalue weighted by Gasteiger charge is -2.20. The van der Waals surface area contributed by atoms with Gasteiger partial charge in [0.05, 0.1) is 6.54 Å². The number of pyridine rings is 1. The molecule has 1 aromatic heterocycles. The van der Waals surface area contributed by atoms with E-state index >= 15 is 0 Å². The van der Waals surface area contributed by atoms with Crippen LogP contribution in [0.2, 0.25) is 0 Å². The second kappa shape index (κ2) is 9.94. The first-order valence-corrected chi connectivity index (χ1v) is 7.47. The molecule has 6 heteroatoms. The Kier molecular flexibility index (Phi) is 8.60. The fourth-order valence-corrected chi connectivity index (χ4v) is 2.64. The first-order valence-electron chi connectivity index (χ1n) is 7.47. The van der Waals surface area contributed by atoms with Crippen LogP contribution in [0, 0.1) is 0 Å². The Balaban J connectivity index is 0.00000220. The van der Waals surface area contributed by atoms with Gasteiger partial charge in [-0.3, -0.25) is 14.9 Å². The minimum absolute atomic E-state index is 0. The first kappa shape index (κ1) is 18.2. The van der Waals surface area contributed by atoms with Gasteiger partial charge >= 0.3 is 0 Å². The highest BCUT2D eigenvalue weighted by Gasteiger charge is 2.22. The summed E-state index contributed by atoms with van der Waals surface area (Å²) in [5.74, 6) is 0.545. The molecule has 1 fully saturated rings. The Morgan fingerprint density at radius 2 is 2.38 bits per heavy atom. The van der Waals surface area contributed by atoms with E-state index in [1.807, 2.05) is 24.4 Å². The number of likely N-dealkylation sites (tertiary alicyclic amines) is 1. The molecule has 0 aromatic carbocycles. The zero-order valence-electron chi connectivity index (χ0n) is 12.7. The van der Waals surface area contributed by atoms with E-state index in [2.05, 4.69) is 27.1 Å². The fourth-order valence-electron chi connectivity index (χ4n) is 2.64. The predicted molar refractivity (Wildman–Crippen MR) is 98.1 cm³/mol. The van der Waals surface area contributed by atoms with E-state index in [0.29, 0.717) is 12.0 Å². The molecule has 118 valence electrons. The number of likely N-dealkylation sites (N-methyl/N-ethyl adjacent to an activating group) is 1. The Labute approximate surface area is 144 Å². The maximum Gasteiger partial charge on any atom is 0.188 e. The zero-order valence-corrected chi connectivity index (χ0v) is 15.0. The van der Waals surface area contributed by atoms with Gasteiger partial charge in [0.15, 0.2) is 5.96 Å². The third-order valence-electron chi connectivity index (χ3n) is 3.79. The number of aliphatic imine (C=N–C) groups is 1. The Morgan fingerprint density at radius 3 is 3.10 bits per heavy atom. The molecule has 0 aliphatic carbocycles. The van der Waals surface area contributed by atoms with Crippen LogP contribution in [0.4, 0.5) is 0 Å². The van der Waals surface area contributed by atoms with E-state index in [4.69, 9.17) is 5.73 Å². The van der Waals surface area contributed by atoms with Gasteiger partial charge in [0.1, 0.15) is 0 Å². The van der Waals surface area contributed by atoms with Gasteiger partial charge in [0, 0.05) is 30.9 Å². The Hall–Kier alpha value is -0.890. The lowest BCUT2D eigenvalue weighted by atomic mass is 10.2. The Bertz CT molecular complexity index is 423. The Morgan fingerprint density at radius 1 is 1.52 bits per heavy atom. The predicted octanol–water partition coefficient (Wildman–Crippen LogP) is 1.63. The van der Waals surface area contributed by atoms with Crippen molar-refractivity contribution in [2.75, 3.05) is 26.2 Å². The molecule has 1 aromatic rings. The van der Waals surface area contributed by atoms with Crippen LogP contribution >= 0.6 is 24.0 Å². The van der Waals surface area contributed by atoms with Gasteiger partial charge in [-0.15, -0.1) is 24.0 Å². The molecule has 0 amide bonds. The van der Waals surface area contributed by atoms with Crippen LogP contribution in [0.5, 0.6) is 0 Å². The van der Waals surface area contributed by atoms with E-state index in [9.17, 15) is 0 Å². The monoisotopic (exact) mass is 403 g/mol. The second-order valence-electron chi connectivity index (χ2n) is 5.15. The summed E-state index contributed by atoms with van der Waals surface area (Å²) in [7, 11) is 0. The van der Waals surface area contributed by atoms with Crippen molar-refractivity contribution in [3.05, 3.63) is 30.1 Å². The third kappa shape index (κ3) is 6.17. The van der Waals surface area contributed by atoms with Gasteiger partial charge in [0.2, 0.25) is 0 Å². The molecule has 1 atom stereocenters. The van der Waals surface area contributed by atoms with E-state index in [0.717, 1.165) is 31.7 Å². The molecule has 1 saturated heterocycles. The molecule has 3 N–H and O–H groups in total. The van der Waals surface area contributed by atoms with Crippen LogP contribution in [-0.4, -0.2) is 48.1 Å². The highest BCUT2D eigenvalue weighted by Crippen LogP contribution is 2.16. The summed E-state index contributed by atoms with van der Waals surface area (Å²) >= 11 is 0. The number of rotatable bonds is 6. The largest absolute Gasteiger partial charge is 0.370 e. The molecule has 0 spiro atoms. The van der Waals surface area contributed by atoms with Crippen molar-refractivity contribution in [2.24, 2.45) is 10.7 Å². The lowest BCUT2D eigenvalue weighted by Crippen LogP contribution is -2.36. The van der Waals surface area contributed by atoms with Crippen molar-refractivity contribution >= 4 is 29.9 Å². The van der Waals surface area contributed by atoms with Gasteiger partial charge in [-0.1, -0.05) is 13.0 Å². The second-order valence-corrected chi connectivity index (χ2v) is 5.15. The smallest absolute Gasteiger partial charge is 0.188 e. The van der Waals surface area contributed by atoms with Crippen molar-refractivity contribution in [1.82, 2.24) is 15.2 Å². The molecule has 1 unspecified atom stereocenters. The number of guanidine groups is 1. The molecular formula is C15H26IN5. The van der Waals surface area contributed by atoms with E-state index in [1.54, 1.807) is 0 Å². The quantitative estimate of drug-likeness (QED) is 0.431. The van der Waals surface area contributed by atoms with Gasteiger partial charge < -0.3 is 11.1 Å². The summed E-state index contributed by atoms with van der Waals surface area (Å²) in [5.41, 5.74) is 6.97. The summed E-state index contributed by atoms with van der Waals surface area (Å²) in [6.45, 7) is 6.08. The molecule has 0 bridgehead atoms. The minimum atomic E-state index is 0. The van der Waals surface area contributed by atoms with Crippen molar-refractivity contribution in [3.63, 3.8) is 0 Å². The number of hydrogen-bond donors (Lipinski definition) is 2. The molecule has 0 radical (unpaired) electrons. The summed E-state index contributed by atoms with van der Waals surface area (Å²) in [6.07, 6.45) is 5.19. The summed E-state index contributed by atoms with van der Waals surface area (Å²) < 4.78 is 0. The van der Waals surface area contributed by atoms with Crippen LogP contribution in [0.15, 0.2) is 29.4 Å². The fraction of sp³-hybridized carbons (Fsp3) is 0.600. The van der Waals surface area contributed by atoms with Crippen molar-refractivity contribution in [1.29, 1.82) is 0 Å². The summed E-state index contributed by atoms with van der Waals surface area (Å²) in [6, 6.07) is 6.51. The number of hydrogen-bond acceptors (Lipinski definition) is 3.